The molecule has 2 aromatic carbocycles. The number of hydrogen-bond donors (Lipinski definition) is 2. The van der Waals surface area contributed by atoms with E-state index in [1.165, 1.54) is 3.57 Å². The number of nitrogens with two attached hydrogens (primary N) is 1. The Hall–Kier alpha value is -0.820. The van der Waals surface area contributed by atoms with Crippen molar-refractivity contribution in [3.63, 3.8) is 0 Å². The Morgan fingerprint density at radius 3 is 2.70 bits per heavy atom. The van der Waals surface area contributed by atoms with Crippen LogP contribution in [0.2, 0.25) is 5.02 Å². The predicted molar refractivity (Wildman–Crippen MR) is 90.9 cm³/mol. The number of ether oxygens (including phenoxy) is 1. The highest BCUT2D eigenvalue weighted by Crippen LogP contribution is 2.29. The average molecular weight is 403 g/mol. The molecule has 0 aromatic heterocycles. The number of hydrazine groups is 1. The molecule has 1 unspecified atom stereocenters. The van der Waals surface area contributed by atoms with Crippen LogP contribution in [0.3, 0.4) is 0 Å². The fourth-order valence-electron chi connectivity index (χ4n) is 2.14. The van der Waals surface area contributed by atoms with E-state index in [4.69, 9.17) is 22.2 Å². The Balaban J connectivity index is 2.31. The van der Waals surface area contributed by atoms with E-state index in [2.05, 4.69) is 40.1 Å². The van der Waals surface area contributed by atoms with Crippen molar-refractivity contribution >= 4 is 34.2 Å². The first-order valence-electron chi connectivity index (χ1n) is 6.18. The average Bonchev–Trinajstić information content (AvgIpc) is 2.46. The zero-order valence-electron chi connectivity index (χ0n) is 11.1. The maximum atomic E-state index is 6.07. The van der Waals surface area contributed by atoms with E-state index in [0.29, 0.717) is 11.4 Å². The van der Waals surface area contributed by atoms with Gasteiger partial charge in [0.1, 0.15) is 5.75 Å². The SMILES string of the molecule is COc1ccc(Cl)cc1CC(NN)c1ccccc1I. The molecule has 2 aromatic rings. The van der Waals surface area contributed by atoms with Crippen molar-refractivity contribution in [3.8, 4) is 5.75 Å². The molecule has 0 spiro atoms. The second kappa shape index (κ2) is 7.26. The molecule has 1 atom stereocenters. The van der Waals surface area contributed by atoms with Gasteiger partial charge in [0.2, 0.25) is 0 Å². The van der Waals surface area contributed by atoms with Gasteiger partial charge >= 0.3 is 0 Å². The highest BCUT2D eigenvalue weighted by molar-refractivity contribution is 14.1. The Bertz CT molecular complexity index is 592. The van der Waals surface area contributed by atoms with Gasteiger partial charge in [-0.05, 0) is 64.4 Å². The Morgan fingerprint density at radius 1 is 1.30 bits per heavy atom. The predicted octanol–water partition coefficient (Wildman–Crippen LogP) is 3.70. The Kier molecular flexibility index (Phi) is 5.65. The van der Waals surface area contributed by atoms with E-state index in [9.17, 15) is 0 Å². The third-order valence-electron chi connectivity index (χ3n) is 3.15. The molecule has 0 heterocycles. The number of benzene rings is 2. The summed E-state index contributed by atoms with van der Waals surface area (Å²) in [6.07, 6.45) is 0.709. The number of halogens is 2. The summed E-state index contributed by atoms with van der Waals surface area (Å²) in [6, 6.07) is 13.8. The standard InChI is InChI=1S/C15H16ClIN2O/c1-20-15-7-6-11(16)8-10(15)9-14(19-18)12-4-2-3-5-13(12)17/h2-8,14,19H,9,18H2,1H3. The fourth-order valence-corrected chi connectivity index (χ4v) is 3.10. The van der Waals surface area contributed by atoms with E-state index in [0.717, 1.165) is 16.9 Å². The van der Waals surface area contributed by atoms with E-state index in [-0.39, 0.29) is 6.04 Å². The van der Waals surface area contributed by atoms with E-state index < -0.39 is 0 Å². The lowest BCUT2D eigenvalue weighted by molar-refractivity contribution is 0.405. The van der Waals surface area contributed by atoms with Gasteiger partial charge in [-0.3, -0.25) is 11.3 Å². The number of nitrogens with one attached hydrogen (secondary N) is 1. The molecule has 20 heavy (non-hydrogen) atoms. The molecule has 0 saturated heterocycles. The van der Waals surface area contributed by atoms with Gasteiger partial charge in [0, 0.05) is 8.59 Å². The molecule has 0 aliphatic carbocycles. The summed E-state index contributed by atoms with van der Waals surface area (Å²) in [6.45, 7) is 0. The van der Waals surface area contributed by atoms with Gasteiger partial charge in [-0.1, -0.05) is 29.8 Å². The smallest absolute Gasteiger partial charge is 0.122 e. The molecule has 5 heteroatoms. The van der Waals surface area contributed by atoms with E-state index >= 15 is 0 Å². The number of methoxy groups -OCH3 is 1. The summed E-state index contributed by atoms with van der Waals surface area (Å²) in [5.41, 5.74) is 5.07. The Morgan fingerprint density at radius 2 is 2.05 bits per heavy atom. The molecule has 0 aliphatic rings. The maximum absolute atomic E-state index is 6.07. The van der Waals surface area contributed by atoms with Gasteiger partial charge in [-0.15, -0.1) is 0 Å². The van der Waals surface area contributed by atoms with E-state index in [1.807, 2.05) is 30.3 Å². The monoisotopic (exact) mass is 402 g/mol. The minimum absolute atomic E-state index is 0.00969. The summed E-state index contributed by atoms with van der Waals surface area (Å²) in [7, 11) is 1.66. The molecule has 3 nitrogen and oxygen atoms in total. The molecule has 3 N–H and O–H groups in total. The second-order valence-corrected chi connectivity index (χ2v) is 6.00. The maximum Gasteiger partial charge on any atom is 0.122 e. The van der Waals surface area contributed by atoms with Gasteiger partial charge in [0.05, 0.1) is 13.2 Å². The van der Waals surface area contributed by atoms with Crippen LogP contribution in [0.15, 0.2) is 42.5 Å². The fraction of sp³-hybridized carbons (Fsp3) is 0.200. The molecule has 2 rings (SSSR count). The third-order valence-corrected chi connectivity index (χ3v) is 4.37. The summed E-state index contributed by atoms with van der Waals surface area (Å²) >= 11 is 8.38. The molecule has 0 aliphatic heterocycles. The number of rotatable bonds is 5. The normalized spacial score (nSPS) is 12.2. The van der Waals surface area contributed by atoms with Crippen molar-refractivity contribution in [2.24, 2.45) is 5.84 Å². The van der Waals surface area contributed by atoms with E-state index in [1.54, 1.807) is 7.11 Å². The first-order chi connectivity index (χ1) is 9.65. The van der Waals surface area contributed by atoms with Crippen molar-refractivity contribution in [1.29, 1.82) is 0 Å². The second-order valence-electron chi connectivity index (χ2n) is 4.40. The quantitative estimate of drug-likeness (QED) is 0.455. The van der Waals surface area contributed by atoms with Gasteiger partial charge in [-0.2, -0.15) is 0 Å². The summed E-state index contributed by atoms with van der Waals surface area (Å²) < 4.78 is 6.56. The molecule has 0 saturated carbocycles. The van der Waals surface area contributed by atoms with Crippen LogP contribution in [0, 0.1) is 3.57 Å². The highest BCUT2D eigenvalue weighted by atomic mass is 127. The zero-order valence-corrected chi connectivity index (χ0v) is 14.0. The van der Waals surface area contributed by atoms with Crippen molar-refractivity contribution in [1.82, 2.24) is 5.43 Å². The molecule has 0 amide bonds. The van der Waals surface area contributed by atoms with Crippen molar-refractivity contribution in [2.75, 3.05) is 7.11 Å². The summed E-state index contributed by atoms with van der Waals surface area (Å²) in [5, 5.41) is 0.694. The minimum atomic E-state index is 0.00969. The molecule has 0 fully saturated rings. The van der Waals surface area contributed by atoms with Crippen LogP contribution < -0.4 is 16.0 Å². The Labute approximate surface area is 137 Å². The lowest BCUT2D eigenvalue weighted by Gasteiger charge is -2.19. The lowest BCUT2D eigenvalue weighted by Crippen LogP contribution is -2.30. The summed E-state index contributed by atoms with van der Waals surface area (Å²) in [5.74, 6) is 6.54. The first kappa shape index (κ1) is 15.6. The summed E-state index contributed by atoms with van der Waals surface area (Å²) in [4.78, 5) is 0. The van der Waals surface area contributed by atoms with Crippen LogP contribution in [0.4, 0.5) is 0 Å². The third kappa shape index (κ3) is 3.63. The van der Waals surface area contributed by atoms with Gasteiger partial charge < -0.3 is 4.74 Å². The molecular weight excluding hydrogens is 387 g/mol. The van der Waals surface area contributed by atoms with Crippen molar-refractivity contribution in [3.05, 3.63) is 62.2 Å². The largest absolute Gasteiger partial charge is 0.496 e. The van der Waals surface area contributed by atoms with Crippen LogP contribution in [0.25, 0.3) is 0 Å². The number of hydrogen-bond acceptors (Lipinski definition) is 3. The highest BCUT2D eigenvalue weighted by Gasteiger charge is 2.16. The zero-order chi connectivity index (χ0) is 14.5. The van der Waals surface area contributed by atoms with Crippen LogP contribution >= 0.6 is 34.2 Å². The topological polar surface area (TPSA) is 47.3 Å². The van der Waals surface area contributed by atoms with Crippen LogP contribution in [-0.4, -0.2) is 7.11 Å². The van der Waals surface area contributed by atoms with Crippen LogP contribution in [-0.2, 0) is 6.42 Å². The van der Waals surface area contributed by atoms with Gasteiger partial charge in [-0.25, -0.2) is 0 Å². The van der Waals surface area contributed by atoms with Crippen molar-refractivity contribution in [2.45, 2.75) is 12.5 Å². The molecular formula is C15H16ClIN2O. The van der Waals surface area contributed by atoms with Gasteiger partial charge in [0.25, 0.3) is 0 Å². The first-order valence-corrected chi connectivity index (χ1v) is 7.64. The van der Waals surface area contributed by atoms with Crippen LogP contribution in [0.5, 0.6) is 5.75 Å². The van der Waals surface area contributed by atoms with Gasteiger partial charge in [0.15, 0.2) is 0 Å². The molecule has 0 bridgehead atoms. The van der Waals surface area contributed by atoms with Crippen LogP contribution in [0.1, 0.15) is 17.2 Å². The molecule has 106 valence electrons. The molecule has 0 radical (unpaired) electrons. The minimum Gasteiger partial charge on any atom is -0.496 e. The lowest BCUT2D eigenvalue weighted by atomic mass is 9.99. The van der Waals surface area contributed by atoms with Crippen molar-refractivity contribution < 1.29 is 4.74 Å².